The second-order valence-electron chi connectivity index (χ2n) is 3.62. The van der Waals surface area contributed by atoms with Gasteiger partial charge in [-0.05, 0) is 0 Å². The van der Waals surface area contributed by atoms with E-state index < -0.39 is 18.8 Å². The molecule has 0 rings (SSSR count). The van der Waals surface area contributed by atoms with Crippen molar-refractivity contribution in [2.45, 2.75) is 46.9 Å². The van der Waals surface area contributed by atoms with Crippen molar-refractivity contribution in [3.05, 3.63) is 12.7 Å². The molecule has 0 aromatic rings. The number of carbonyl (C=O) groups excluding carboxylic acids is 1. The van der Waals surface area contributed by atoms with Crippen molar-refractivity contribution in [3.63, 3.8) is 0 Å². The number of hydrogen-bond donors (Lipinski definition) is 0. The summed E-state index contributed by atoms with van der Waals surface area (Å²) < 4.78 is 8.98. The Morgan fingerprint density at radius 2 is 1.93 bits per heavy atom. The van der Waals surface area contributed by atoms with Crippen LogP contribution >= 0.6 is 0 Å². The maximum atomic E-state index is 11.2. The van der Waals surface area contributed by atoms with E-state index in [-0.39, 0.29) is 5.97 Å². The number of hydrogen-bond acceptors (Lipinski definition) is 2. The van der Waals surface area contributed by atoms with Crippen LogP contribution in [-0.4, -0.2) is 24.8 Å². The molecule has 0 aromatic carbocycles. The molecule has 0 fully saturated rings. The van der Waals surface area contributed by atoms with Crippen LogP contribution in [0.3, 0.4) is 0 Å². The van der Waals surface area contributed by atoms with Crippen molar-refractivity contribution in [2.75, 3.05) is 0 Å². The van der Waals surface area contributed by atoms with Crippen LogP contribution in [0.1, 0.15) is 33.6 Å². The summed E-state index contributed by atoms with van der Waals surface area (Å²) in [4.78, 5) is 11.2. The fraction of sp³-hybridized carbons (Fsp3) is 0.727. The Morgan fingerprint density at radius 1 is 1.36 bits per heavy atom. The number of carbonyl (C=O) groups is 1. The Morgan fingerprint density at radius 3 is 2.29 bits per heavy atom. The molecule has 0 heterocycles. The molecule has 0 N–H and O–H groups in total. The van der Waals surface area contributed by atoms with Crippen LogP contribution in [0, 0.1) is 0 Å². The van der Waals surface area contributed by atoms with Gasteiger partial charge in [0.05, 0.1) is 0 Å². The van der Waals surface area contributed by atoms with Crippen molar-refractivity contribution in [1.29, 1.82) is 0 Å². The quantitative estimate of drug-likeness (QED) is 0.531. The van der Waals surface area contributed by atoms with E-state index in [4.69, 9.17) is 3.07 Å². The van der Waals surface area contributed by atoms with Crippen molar-refractivity contribution < 1.29 is 7.87 Å². The van der Waals surface area contributed by atoms with Crippen LogP contribution in [0.5, 0.6) is 0 Å². The second-order valence-corrected chi connectivity index (χ2v) is 16.4. The average Bonchev–Trinajstić information content (AvgIpc) is 2.24. The minimum absolute atomic E-state index is 0.208. The molecule has 0 amide bonds. The standard InChI is InChI=1S/C4H9.C3H4O2.2C2H5.Sn/c1-3-4-2;1-2-3(4)5;2*1-2;/h1,3-4H2,2H3;2H,1H2,(H,4,5);2*1H2,2H3;/q;;;;+1/p-1. The van der Waals surface area contributed by atoms with Gasteiger partial charge in [0.2, 0.25) is 0 Å². The third-order valence-corrected chi connectivity index (χ3v) is 15.5. The molecule has 0 saturated carbocycles. The molecule has 0 atom stereocenters. The van der Waals surface area contributed by atoms with Crippen molar-refractivity contribution in [3.8, 4) is 0 Å². The first-order valence-corrected chi connectivity index (χ1v) is 12.7. The molecule has 0 aliphatic rings. The molecule has 2 nitrogen and oxygen atoms in total. The molecule has 0 radical (unpaired) electrons. The minimum atomic E-state index is -2.54. The van der Waals surface area contributed by atoms with Crippen LogP contribution in [0.4, 0.5) is 0 Å². The molecule has 0 aliphatic carbocycles. The first-order chi connectivity index (χ1) is 6.64. The summed E-state index contributed by atoms with van der Waals surface area (Å²) in [6.07, 6.45) is 3.68. The molecule has 0 bridgehead atoms. The molecule has 0 spiro atoms. The molecule has 3 heteroatoms. The van der Waals surface area contributed by atoms with E-state index in [1.165, 1.54) is 18.9 Å². The van der Waals surface area contributed by atoms with Gasteiger partial charge in [0.15, 0.2) is 0 Å². The first-order valence-electron chi connectivity index (χ1n) is 5.49. The third kappa shape index (κ3) is 4.49. The summed E-state index contributed by atoms with van der Waals surface area (Å²) in [6, 6.07) is 0. The molecular weight excluding hydrogens is 283 g/mol. The number of unbranched alkanes of at least 4 members (excludes halogenated alkanes) is 1. The summed E-state index contributed by atoms with van der Waals surface area (Å²) in [5, 5.41) is 0. The van der Waals surface area contributed by atoms with Gasteiger partial charge in [-0.1, -0.05) is 0 Å². The summed E-state index contributed by atoms with van der Waals surface area (Å²) in [5.41, 5.74) is 0. The van der Waals surface area contributed by atoms with Gasteiger partial charge in [0.1, 0.15) is 0 Å². The Kier molecular flexibility index (Phi) is 7.32. The van der Waals surface area contributed by atoms with Crippen LogP contribution in [0.25, 0.3) is 0 Å². The Labute approximate surface area is 92.1 Å². The summed E-state index contributed by atoms with van der Waals surface area (Å²) in [5.74, 6) is -0.208. The van der Waals surface area contributed by atoms with Gasteiger partial charge in [0, 0.05) is 0 Å². The number of rotatable bonds is 7. The Bertz CT molecular complexity index is 186. The van der Waals surface area contributed by atoms with Crippen LogP contribution < -0.4 is 0 Å². The van der Waals surface area contributed by atoms with E-state index in [9.17, 15) is 4.79 Å². The van der Waals surface area contributed by atoms with Crippen molar-refractivity contribution in [1.82, 2.24) is 0 Å². The molecule has 0 saturated heterocycles. The molecule has 0 aromatic heterocycles. The van der Waals surface area contributed by atoms with E-state index in [1.54, 1.807) is 0 Å². The molecule has 82 valence electrons. The monoisotopic (exact) mass is 306 g/mol. The first kappa shape index (κ1) is 14.0. The van der Waals surface area contributed by atoms with E-state index in [0.29, 0.717) is 0 Å². The van der Waals surface area contributed by atoms with Gasteiger partial charge in [-0.15, -0.1) is 0 Å². The van der Waals surface area contributed by atoms with Gasteiger partial charge < -0.3 is 0 Å². The molecular formula is C11H22O2Sn. The fourth-order valence-electron chi connectivity index (χ4n) is 1.55. The Hall–Kier alpha value is 0.00870. The maximum absolute atomic E-state index is 11.2. The summed E-state index contributed by atoms with van der Waals surface area (Å²) in [6.45, 7) is 9.95. The van der Waals surface area contributed by atoms with Gasteiger partial charge >= 0.3 is 92.2 Å². The van der Waals surface area contributed by atoms with Crippen molar-refractivity contribution in [2.24, 2.45) is 0 Å². The van der Waals surface area contributed by atoms with Gasteiger partial charge in [0.25, 0.3) is 0 Å². The van der Waals surface area contributed by atoms with Crippen LogP contribution in [-0.2, 0) is 7.87 Å². The van der Waals surface area contributed by atoms with E-state index in [1.807, 2.05) is 0 Å². The molecule has 0 aliphatic heterocycles. The van der Waals surface area contributed by atoms with Gasteiger partial charge in [-0.2, -0.15) is 0 Å². The molecule has 0 unspecified atom stereocenters. The van der Waals surface area contributed by atoms with Crippen molar-refractivity contribution >= 4 is 24.8 Å². The molecule has 14 heavy (non-hydrogen) atoms. The predicted molar refractivity (Wildman–Crippen MR) is 62.7 cm³/mol. The fourth-order valence-corrected chi connectivity index (χ4v) is 10.4. The average molecular weight is 305 g/mol. The second kappa shape index (κ2) is 7.32. The normalized spacial score (nSPS) is 11.1. The van der Waals surface area contributed by atoms with E-state index in [2.05, 4.69) is 27.4 Å². The Balaban J connectivity index is 4.35. The predicted octanol–water partition coefficient (Wildman–Crippen LogP) is 3.50. The van der Waals surface area contributed by atoms with Gasteiger partial charge in [-0.3, -0.25) is 0 Å². The SMILES string of the molecule is C=CC(=O)[O][Sn]([CH2]C)([CH2]C)[CH2]CCC. The van der Waals surface area contributed by atoms with Crippen LogP contribution in [0.2, 0.25) is 13.3 Å². The summed E-state index contributed by atoms with van der Waals surface area (Å²) in [7, 11) is 0. The van der Waals surface area contributed by atoms with E-state index in [0.717, 1.165) is 13.3 Å². The van der Waals surface area contributed by atoms with Crippen LogP contribution in [0.15, 0.2) is 12.7 Å². The van der Waals surface area contributed by atoms with Gasteiger partial charge in [-0.25, -0.2) is 0 Å². The van der Waals surface area contributed by atoms with E-state index >= 15 is 0 Å². The zero-order valence-corrected chi connectivity index (χ0v) is 12.5. The third-order valence-electron chi connectivity index (χ3n) is 2.76. The zero-order chi connectivity index (χ0) is 11.0. The summed E-state index contributed by atoms with van der Waals surface area (Å²) >= 11 is -2.54. The topological polar surface area (TPSA) is 26.3 Å². The zero-order valence-electron chi connectivity index (χ0n) is 9.64.